The van der Waals surface area contributed by atoms with Crippen LogP contribution >= 0.6 is 0 Å². The van der Waals surface area contributed by atoms with Crippen molar-refractivity contribution < 1.29 is 19.0 Å². The lowest BCUT2D eigenvalue weighted by Crippen LogP contribution is -2.07. The van der Waals surface area contributed by atoms with E-state index >= 15 is 0 Å². The molecule has 0 amide bonds. The van der Waals surface area contributed by atoms with Gasteiger partial charge >= 0.3 is 5.97 Å². The van der Waals surface area contributed by atoms with Crippen LogP contribution in [0.5, 0.6) is 5.75 Å². The van der Waals surface area contributed by atoms with Crippen LogP contribution in [0, 0.1) is 0 Å². The molecule has 0 aromatic heterocycles. The summed E-state index contributed by atoms with van der Waals surface area (Å²) in [7, 11) is 2.86. The molecule has 0 bridgehead atoms. The van der Waals surface area contributed by atoms with E-state index in [1.54, 1.807) is 0 Å². The maximum Gasteiger partial charge on any atom is 0.341 e. The molecule has 0 aliphatic carbocycles. The van der Waals surface area contributed by atoms with Gasteiger partial charge in [-0.3, -0.25) is 0 Å². The lowest BCUT2D eigenvalue weighted by atomic mass is 10.1. The predicted octanol–water partition coefficient (Wildman–Crippen LogP) is 4.59. The quantitative estimate of drug-likeness (QED) is 0.259. The van der Waals surface area contributed by atoms with Gasteiger partial charge < -0.3 is 14.2 Å². The average Bonchev–Trinajstić information content (AvgIpc) is 2.59. The summed E-state index contributed by atoms with van der Waals surface area (Å²) >= 11 is 0. The van der Waals surface area contributed by atoms with Crippen LogP contribution in [0.25, 0.3) is 5.57 Å². The number of hydrogen-bond acceptors (Lipinski definition) is 4. The van der Waals surface area contributed by atoms with Crippen LogP contribution in [-0.2, 0) is 14.3 Å². The number of esters is 1. The summed E-state index contributed by atoms with van der Waals surface area (Å²) in [5, 5.41) is 0. The molecular formula is C19H28O4. The van der Waals surface area contributed by atoms with E-state index in [1.165, 1.54) is 52.6 Å². The zero-order chi connectivity index (χ0) is 16.9. The van der Waals surface area contributed by atoms with Gasteiger partial charge in [-0.2, -0.15) is 0 Å². The first kappa shape index (κ1) is 19.1. The minimum atomic E-state index is -0.442. The Morgan fingerprint density at radius 2 is 1.74 bits per heavy atom. The summed E-state index contributed by atoms with van der Waals surface area (Å²) in [5.74, 6) is 0.234. The fourth-order valence-electron chi connectivity index (χ4n) is 2.33. The highest BCUT2D eigenvalue weighted by Gasteiger charge is 2.17. The molecule has 23 heavy (non-hydrogen) atoms. The van der Waals surface area contributed by atoms with Crippen molar-refractivity contribution in [3.63, 3.8) is 0 Å². The van der Waals surface area contributed by atoms with E-state index in [2.05, 4.69) is 6.92 Å². The van der Waals surface area contributed by atoms with Gasteiger partial charge in [-0.05, 0) is 12.5 Å². The first-order chi connectivity index (χ1) is 11.2. The molecule has 0 unspecified atom stereocenters. The third-order valence-corrected chi connectivity index (χ3v) is 3.57. The highest BCUT2D eigenvalue weighted by Crippen LogP contribution is 2.27. The van der Waals surface area contributed by atoms with Crippen molar-refractivity contribution in [1.29, 1.82) is 0 Å². The lowest BCUT2D eigenvalue weighted by molar-refractivity contribution is -0.133. The molecule has 1 rings (SSSR count). The van der Waals surface area contributed by atoms with Crippen molar-refractivity contribution in [1.82, 2.24) is 0 Å². The number of hydrogen-bond donors (Lipinski definition) is 0. The van der Waals surface area contributed by atoms with Gasteiger partial charge in [0, 0.05) is 5.56 Å². The zero-order valence-corrected chi connectivity index (χ0v) is 14.5. The van der Waals surface area contributed by atoms with E-state index in [4.69, 9.17) is 14.2 Å². The number of unbranched alkanes of at least 4 members (excludes halogenated alkanes) is 5. The van der Waals surface area contributed by atoms with Gasteiger partial charge in [0.05, 0.1) is 27.1 Å². The van der Waals surface area contributed by atoms with Gasteiger partial charge in [0.1, 0.15) is 11.3 Å². The standard InChI is InChI=1S/C19H28O4/c1-4-5-6-7-8-11-14-23-18-13-10-9-12-16(18)17(15-21-2)19(20)22-3/h9-10,12-13,15H,4-8,11,14H2,1-3H3/b17-15+. The van der Waals surface area contributed by atoms with Crippen molar-refractivity contribution >= 4 is 11.5 Å². The number of rotatable bonds is 11. The molecule has 0 fully saturated rings. The summed E-state index contributed by atoms with van der Waals surface area (Å²) in [4.78, 5) is 11.9. The number of carbonyl (C=O) groups excluding carboxylic acids is 1. The molecule has 0 saturated heterocycles. The molecule has 1 aromatic carbocycles. The molecular weight excluding hydrogens is 292 g/mol. The van der Waals surface area contributed by atoms with Crippen LogP contribution in [0.2, 0.25) is 0 Å². The number of methoxy groups -OCH3 is 2. The first-order valence-corrected chi connectivity index (χ1v) is 8.28. The predicted molar refractivity (Wildman–Crippen MR) is 92.3 cm³/mol. The smallest absolute Gasteiger partial charge is 0.341 e. The largest absolute Gasteiger partial charge is 0.503 e. The molecule has 128 valence electrons. The van der Waals surface area contributed by atoms with Gasteiger partial charge in [-0.15, -0.1) is 0 Å². The molecule has 0 saturated carbocycles. The second-order valence-corrected chi connectivity index (χ2v) is 5.37. The van der Waals surface area contributed by atoms with Gasteiger partial charge in [0.15, 0.2) is 0 Å². The van der Waals surface area contributed by atoms with Crippen LogP contribution in [0.15, 0.2) is 30.5 Å². The van der Waals surface area contributed by atoms with E-state index < -0.39 is 5.97 Å². The summed E-state index contributed by atoms with van der Waals surface area (Å²) in [6.45, 7) is 2.86. The summed E-state index contributed by atoms with van der Waals surface area (Å²) in [6.07, 6.45) is 8.66. The molecule has 4 heteroatoms. The number of ether oxygens (including phenoxy) is 3. The second kappa shape index (κ2) is 11.6. The normalized spacial score (nSPS) is 11.2. The molecule has 0 radical (unpaired) electrons. The van der Waals surface area contributed by atoms with Crippen LogP contribution in [-0.4, -0.2) is 26.8 Å². The van der Waals surface area contributed by atoms with Crippen LogP contribution in [0.1, 0.15) is 51.0 Å². The minimum Gasteiger partial charge on any atom is -0.503 e. The van der Waals surface area contributed by atoms with Crippen molar-refractivity contribution in [3.8, 4) is 5.75 Å². The highest BCUT2D eigenvalue weighted by atomic mass is 16.5. The topological polar surface area (TPSA) is 44.8 Å². The fourth-order valence-corrected chi connectivity index (χ4v) is 2.33. The summed E-state index contributed by atoms with van der Waals surface area (Å²) in [5.41, 5.74) is 1.04. The summed E-state index contributed by atoms with van der Waals surface area (Å²) in [6, 6.07) is 7.44. The molecule has 0 spiro atoms. The Labute approximate surface area is 139 Å². The minimum absolute atomic E-state index is 0.355. The number of para-hydroxylation sites is 1. The third kappa shape index (κ3) is 6.76. The number of carbonyl (C=O) groups is 1. The Kier molecular flexibility index (Phi) is 9.60. The van der Waals surface area contributed by atoms with Gasteiger partial charge in [-0.25, -0.2) is 4.79 Å². The van der Waals surface area contributed by atoms with E-state index in [0.717, 1.165) is 6.42 Å². The number of benzene rings is 1. The third-order valence-electron chi connectivity index (χ3n) is 3.57. The molecule has 0 aliphatic heterocycles. The van der Waals surface area contributed by atoms with Crippen molar-refractivity contribution in [2.24, 2.45) is 0 Å². The first-order valence-electron chi connectivity index (χ1n) is 8.28. The monoisotopic (exact) mass is 320 g/mol. The molecule has 0 heterocycles. The van der Waals surface area contributed by atoms with Gasteiger partial charge in [0.2, 0.25) is 0 Å². The van der Waals surface area contributed by atoms with Crippen LogP contribution < -0.4 is 4.74 Å². The molecule has 4 nitrogen and oxygen atoms in total. The molecule has 0 atom stereocenters. The molecule has 0 N–H and O–H groups in total. The van der Waals surface area contributed by atoms with Crippen molar-refractivity contribution in [2.45, 2.75) is 45.4 Å². The van der Waals surface area contributed by atoms with E-state index in [1.807, 2.05) is 24.3 Å². The van der Waals surface area contributed by atoms with E-state index in [9.17, 15) is 4.79 Å². The van der Waals surface area contributed by atoms with Crippen LogP contribution in [0.3, 0.4) is 0 Å². The Morgan fingerprint density at radius 3 is 2.43 bits per heavy atom. The van der Waals surface area contributed by atoms with Crippen molar-refractivity contribution in [3.05, 3.63) is 36.1 Å². The molecule has 0 aliphatic rings. The Balaban J connectivity index is 2.63. The van der Waals surface area contributed by atoms with Crippen LogP contribution in [0.4, 0.5) is 0 Å². The Morgan fingerprint density at radius 1 is 1.04 bits per heavy atom. The maximum atomic E-state index is 11.9. The SMILES string of the molecule is CCCCCCCCOc1ccccc1/C(=C\OC)C(=O)OC. The Hall–Kier alpha value is -1.97. The maximum absolute atomic E-state index is 11.9. The lowest BCUT2D eigenvalue weighted by Gasteiger charge is -2.13. The average molecular weight is 320 g/mol. The van der Waals surface area contributed by atoms with Gasteiger partial charge in [-0.1, -0.05) is 57.2 Å². The van der Waals surface area contributed by atoms with E-state index in [0.29, 0.717) is 23.5 Å². The zero-order valence-electron chi connectivity index (χ0n) is 14.5. The molecule has 1 aromatic rings. The Bertz CT molecular complexity index is 494. The second-order valence-electron chi connectivity index (χ2n) is 5.37. The van der Waals surface area contributed by atoms with Gasteiger partial charge in [0.25, 0.3) is 0 Å². The van der Waals surface area contributed by atoms with E-state index in [-0.39, 0.29) is 0 Å². The summed E-state index contributed by atoms with van der Waals surface area (Å²) < 4.78 is 15.7. The fraction of sp³-hybridized carbons (Fsp3) is 0.526. The van der Waals surface area contributed by atoms with Crippen molar-refractivity contribution in [2.75, 3.05) is 20.8 Å². The highest BCUT2D eigenvalue weighted by molar-refractivity contribution is 6.16.